The van der Waals surface area contributed by atoms with Crippen molar-refractivity contribution in [1.29, 1.82) is 0 Å². The first kappa shape index (κ1) is 13.1. The van der Waals surface area contributed by atoms with Gasteiger partial charge in [0.05, 0.1) is 12.2 Å². The predicted molar refractivity (Wildman–Crippen MR) is 70.1 cm³/mol. The number of hydrogen-bond acceptors (Lipinski definition) is 2. The van der Waals surface area contributed by atoms with Gasteiger partial charge in [-0.2, -0.15) is 5.10 Å². The zero-order valence-electron chi connectivity index (χ0n) is 10.4. The van der Waals surface area contributed by atoms with E-state index in [2.05, 4.69) is 5.10 Å². The van der Waals surface area contributed by atoms with Crippen molar-refractivity contribution in [3.8, 4) is 0 Å². The molecule has 1 heterocycles. The zero-order chi connectivity index (χ0) is 13.3. The third-order valence-corrected chi connectivity index (χ3v) is 3.30. The highest BCUT2D eigenvalue weighted by atomic mass is 35.5. The molecule has 0 aliphatic rings. The second kappa shape index (κ2) is 5.08. The fourth-order valence-corrected chi connectivity index (χ4v) is 2.20. The maximum Gasteiger partial charge on any atom is 0.128 e. The summed E-state index contributed by atoms with van der Waals surface area (Å²) in [5, 5.41) is 4.89. The van der Waals surface area contributed by atoms with Crippen molar-refractivity contribution in [2.75, 3.05) is 0 Å². The van der Waals surface area contributed by atoms with Crippen LogP contribution in [0.15, 0.2) is 18.2 Å². The molecule has 0 saturated carbocycles. The first-order chi connectivity index (χ1) is 8.52. The molecule has 0 spiro atoms. The van der Waals surface area contributed by atoms with Crippen LogP contribution in [0.4, 0.5) is 4.39 Å². The molecule has 2 rings (SSSR count). The maximum atomic E-state index is 13.7. The van der Waals surface area contributed by atoms with Crippen molar-refractivity contribution in [1.82, 2.24) is 9.78 Å². The summed E-state index contributed by atoms with van der Waals surface area (Å²) < 4.78 is 15.4. The molecule has 0 fully saturated rings. The van der Waals surface area contributed by atoms with Gasteiger partial charge >= 0.3 is 0 Å². The molecule has 0 aliphatic heterocycles. The van der Waals surface area contributed by atoms with Gasteiger partial charge in [0.25, 0.3) is 0 Å². The minimum absolute atomic E-state index is 0.277. The summed E-state index contributed by atoms with van der Waals surface area (Å²) >= 11 is 5.87. The quantitative estimate of drug-likeness (QED) is 0.929. The normalized spacial score (nSPS) is 10.9. The number of rotatable bonds is 3. The Balaban J connectivity index is 2.37. The van der Waals surface area contributed by atoms with Gasteiger partial charge in [0.1, 0.15) is 5.82 Å². The van der Waals surface area contributed by atoms with Crippen molar-refractivity contribution in [2.24, 2.45) is 5.73 Å². The predicted octanol–water partition coefficient (Wildman–Crippen LogP) is 2.80. The van der Waals surface area contributed by atoms with E-state index in [0.717, 1.165) is 17.0 Å². The number of benzene rings is 1. The van der Waals surface area contributed by atoms with Crippen molar-refractivity contribution in [3.05, 3.63) is 51.6 Å². The summed E-state index contributed by atoms with van der Waals surface area (Å²) in [6.45, 7) is 4.64. The third kappa shape index (κ3) is 2.40. The Hall–Kier alpha value is -1.39. The van der Waals surface area contributed by atoms with E-state index in [9.17, 15) is 4.39 Å². The van der Waals surface area contributed by atoms with E-state index >= 15 is 0 Å². The lowest BCUT2D eigenvalue weighted by molar-refractivity contribution is 0.578. The molecule has 1 aromatic carbocycles. The molecule has 5 heteroatoms. The highest BCUT2D eigenvalue weighted by molar-refractivity contribution is 6.30. The number of aryl methyl sites for hydroxylation is 1. The second-order valence-electron chi connectivity index (χ2n) is 4.25. The van der Waals surface area contributed by atoms with E-state index in [4.69, 9.17) is 17.3 Å². The molecule has 1 aromatic heterocycles. The number of nitrogens with two attached hydrogens (primary N) is 1. The van der Waals surface area contributed by atoms with Crippen molar-refractivity contribution < 1.29 is 4.39 Å². The Bertz CT molecular complexity index is 578. The average Bonchev–Trinajstić information content (AvgIpc) is 2.59. The standard InChI is InChI=1S/C13H15ClFN3/c1-8-12(6-16)9(2)18(17-8)7-10-5-11(14)3-4-13(10)15/h3-5H,6-7,16H2,1-2H3. The molecule has 0 radical (unpaired) electrons. The molecular weight excluding hydrogens is 253 g/mol. The van der Waals surface area contributed by atoms with Crippen molar-refractivity contribution in [3.63, 3.8) is 0 Å². The first-order valence-corrected chi connectivity index (χ1v) is 6.07. The minimum atomic E-state index is -0.277. The van der Waals surface area contributed by atoms with E-state index in [1.807, 2.05) is 13.8 Å². The van der Waals surface area contributed by atoms with Crippen LogP contribution in [0, 0.1) is 19.7 Å². The summed E-state index contributed by atoms with van der Waals surface area (Å²) in [5.41, 5.74) is 9.05. The van der Waals surface area contributed by atoms with E-state index in [1.54, 1.807) is 10.7 Å². The number of halogens is 2. The zero-order valence-corrected chi connectivity index (χ0v) is 11.1. The average molecular weight is 268 g/mol. The van der Waals surface area contributed by atoms with Gasteiger partial charge in [0.15, 0.2) is 0 Å². The fourth-order valence-electron chi connectivity index (χ4n) is 2.01. The molecule has 3 nitrogen and oxygen atoms in total. The van der Waals surface area contributed by atoms with Crippen LogP contribution in [0.1, 0.15) is 22.5 Å². The Morgan fingerprint density at radius 2 is 2.11 bits per heavy atom. The van der Waals surface area contributed by atoms with Gasteiger partial charge in [-0.25, -0.2) is 4.39 Å². The molecule has 2 aromatic rings. The summed E-state index contributed by atoms with van der Waals surface area (Å²) in [4.78, 5) is 0. The molecule has 18 heavy (non-hydrogen) atoms. The molecule has 0 amide bonds. The lowest BCUT2D eigenvalue weighted by Gasteiger charge is -2.07. The molecule has 0 bridgehead atoms. The Kier molecular flexibility index (Phi) is 3.68. The lowest BCUT2D eigenvalue weighted by Crippen LogP contribution is -2.07. The van der Waals surface area contributed by atoms with Crippen molar-refractivity contribution >= 4 is 11.6 Å². The van der Waals surface area contributed by atoms with Crippen LogP contribution >= 0.6 is 11.6 Å². The SMILES string of the molecule is Cc1nn(Cc2cc(Cl)ccc2F)c(C)c1CN. The molecule has 0 atom stereocenters. The Morgan fingerprint density at radius 3 is 2.72 bits per heavy atom. The molecule has 0 aliphatic carbocycles. The Morgan fingerprint density at radius 1 is 1.39 bits per heavy atom. The number of hydrogen-bond donors (Lipinski definition) is 1. The third-order valence-electron chi connectivity index (χ3n) is 3.06. The number of aromatic nitrogens is 2. The summed E-state index contributed by atoms with van der Waals surface area (Å²) in [6.07, 6.45) is 0. The number of nitrogens with zero attached hydrogens (tertiary/aromatic N) is 2. The van der Waals surface area contributed by atoms with Gasteiger partial charge in [0.2, 0.25) is 0 Å². The molecule has 0 unspecified atom stereocenters. The highest BCUT2D eigenvalue weighted by Gasteiger charge is 2.12. The molecule has 0 saturated heterocycles. The topological polar surface area (TPSA) is 43.8 Å². The largest absolute Gasteiger partial charge is 0.326 e. The van der Waals surface area contributed by atoms with Crippen LogP contribution < -0.4 is 5.73 Å². The van der Waals surface area contributed by atoms with Crippen molar-refractivity contribution in [2.45, 2.75) is 26.9 Å². The van der Waals surface area contributed by atoms with Crippen LogP contribution in [0.5, 0.6) is 0 Å². The van der Waals surface area contributed by atoms with E-state index in [1.165, 1.54) is 12.1 Å². The van der Waals surface area contributed by atoms with Gasteiger partial charge in [-0.15, -0.1) is 0 Å². The van der Waals surface area contributed by atoms with Crippen LogP contribution in [0.3, 0.4) is 0 Å². The van der Waals surface area contributed by atoms with Crippen LogP contribution in [0.25, 0.3) is 0 Å². The summed E-state index contributed by atoms with van der Waals surface area (Å²) in [5.74, 6) is -0.277. The van der Waals surface area contributed by atoms with E-state index in [-0.39, 0.29) is 5.82 Å². The maximum absolute atomic E-state index is 13.7. The van der Waals surface area contributed by atoms with Gasteiger partial charge in [-0.05, 0) is 32.0 Å². The van der Waals surface area contributed by atoms with E-state index in [0.29, 0.717) is 23.7 Å². The van der Waals surface area contributed by atoms with Crippen LogP contribution in [-0.2, 0) is 13.1 Å². The van der Waals surface area contributed by atoms with Gasteiger partial charge in [-0.3, -0.25) is 4.68 Å². The lowest BCUT2D eigenvalue weighted by atomic mass is 10.2. The Labute approximate surface area is 110 Å². The molecular formula is C13H15ClFN3. The van der Waals surface area contributed by atoms with Crippen LogP contribution in [0.2, 0.25) is 5.02 Å². The summed E-state index contributed by atoms with van der Waals surface area (Å²) in [6, 6.07) is 4.52. The summed E-state index contributed by atoms with van der Waals surface area (Å²) in [7, 11) is 0. The molecule has 2 N–H and O–H groups in total. The molecule has 96 valence electrons. The fraction of sp³-hybridized carbons (Fsp3) is 0.308. The van der Waals surface area contributed by atoms with Gasteiger partial charge < -0.3 is 5.73 Å². The highest BCUT2D eigenvalue weighted by Crippen LogP contribution is 2.18. The minimum Gasteiger partial charge on any atom is -0.326 e. The van der Waals surface area contributed by atoms with Gasteiger partial charge in [-0.1, -0.05) is 11.6 Å². The smallest absolute Gasteiger partial charge is 0.128 e. The van der Waals surface area contributed by atoms with Crippen LogP contribution in [-0.4, -0.2) is 9.78 Å². The monoisotopic (exact) mass is 267 g/mol. The first-order valence-electron chi connectivity index (χ1n) is 5.69. The second-order valence-corrected chi connectivity index (χ2v) is 4.68. The van der Waals surface area contributed by atoms with Gasteiger partial charge in [0, 0.05) is 28.4 Å². The van der Waals surface area contributed by atoms with E-state index < -0.39 is 0 Å².